The van der Waals surface area contributed by atoms with Crippen molar-refractivity contribution in [2.45, 2.75) is 19.9 Å². The minimum atomic E-state index is -0.557. The summed E-state index contributed by atoms with van der Waals surface area (Å²) >= 11 is 0. The monoisotopic (exact) mass is 221 g/mol. The molecule has 0 saturated carbocycles. The van der Waals surface area contributed by atoms with Gasteiger partial charge in [0.05, 0.1) is 12.4 Å². The van der Waals surface area contributed by atoms with Crippen LogP contribution in [0.25, 0.3) is 0 Å². The van der Waals surface area contributed by atoms with Crippen molar-refractivity contribution < 1.29 is 9.13 Å². The zero-order valence-electron chi connectivity index (χ0n) is 8.93. The maximum atomic E-state index is 12.8. The SMILES string of the molecule is CCCn1cc(Oc2cccc(F)n2)cn1. The quantitative estimate of drug-likeness (QED) is 0.745. The molecule has 2 heterocycles. The number of ether oxygens (including phenoxy) is 1. The first-order chi connectivity index (χ1) is 7.78. The number of pyridine rings is 1. The summed E-state index contributed by atoms with van der Waals surface area (Å²) in [5, 5.41) is 4.09. The summed E-state index contributed by atoms with van der Waals surface area (Å²) in [7, 11) is 0. The number of hydrogen-bond acceptors (Lipinski definition) is 3. The first-order valence-electron chi connectivity index (χ1n) is 5.11. The number of rotatable bonds is 4. The van der Waals surface area contributed by atoms with E-state index in [-0.39, 0.29) is 5.88 Å². The molecule has 0 fully saturated rings. The van der Waals surface area contributed by atoms with Crippen molar-refractivity contribution in [3.05, 3.63) is 36.5 Å². The van der Waals surface area contributed by atoms with Crippen LogP contribution in [0.1, 0.15) is 13.3 Å². The molecule has 0 unspecified atom stereocenters. The maximum absolute atomic E-state index is 12.8. The number of nitrogens with zero attached hydrogens (tertiary/aromatic N) is 3. The Kier molecular flexibility index (Phi) is 3.14. The van der Waals surface area contributed by atoms with Crippen LogP contribution in [0.5, 0.6) is 11.6 Å². The lowest BCUT2D eigenvalue weighted by molar-refractivity contribution is 0.444. The Morgan fingerprint density at radius 1 is 1.44 bits per heavy atom. The highest BCUT2D eigenvalue weighted by atomic mass is 19.1. The van der Waals surface area contributed by atoms with E-state index in [1.54, 1.807) is 29.2 Å². The normalized spacial score (nSPS) is 10.4. The fourth-order valence-corrected chi connectivity index (χ4v) is 1.32. The molecule has 2 aromatic rings. The van der Waals surface area contributed by atoms with Gasteiger partial charge >= 0.3 is 0 Å². The van der Waals surface area contributed by atoms with Gasteiger partial charge in [-0.15, -0.1) is 0 Å². The van der Waals surface area contributed by atoms with E-state index in [1.807, 2.05) is 0 Å². The summed E-state index contributed by atoms with van der Waals surface area (Å²) in [4.78, 5) is 3.60. The van der Waals surface area contributed by atoms with Gasteiger partial charge < -0.3 is 4.74 Å². The fraction of sp³-hybridized carbons (Fsp3) is 0.273. The van der Waals surface area contributed by atoms with Crippen LogP contribution < -0.4 is 4.74 Å². The van der Waals surface area contributed by atoms with Crippen LogP contribution in [0.4, 0.5) is 4.39 Å². The third-order valence-electron chi connectivity index (χ3n) is 1.97. The van der Waals surface area contributed by atoms with Crippen LogP contribution in [-0.2, 0) is 6.54 Å². The highest BCUT2D eigenvalue weighted by Crippen LogP contribution is 2.18. The van der Waals surface area contributed by atoms with Crippen LogP contribution in [0.2, 0.25) is 0 Å². The highest BCUT2D eigenvalue weighted by Gasteiger charge is 2.02. The fourth-order valence-electron chi connectivity index (χ4n) is 1.32. The van der Waals surface area contributed by atoms with Crippen molar-refractivity contribution in [2.75, 3.05) is 0 Å². The molecule has 0 aliphatic heterocycles. The number of aryl methyl sites for hydroxylation is 1. The van der Waals surface area contributed by atoms with Gasteiger partial charge in [0.15, 0.2) is 5.75 Å². The predicted octanol–water partition coefficient (Wildman–Crippen LogP) is 2.62. The number of aromatic nitrogens is 3. The van der Waals surface area contributed by atoms with Crippen LogP contribution in [-0.4, -0.2) is 14.8 Å². The maximum Gasteiger partial charge on any atom is 0.222 e. The van der Waals surface area contributed by atoms with Crippen molar-refractivity contribution in [1.29, 1.82) is 0 Å². The molecule has 0 aliphatic rings. The van der Waals surface area contributed by atoms with E-state index in [0.717, 1.165) is 13.0 Å². The molecule has 0 N–H and O–H groups in total. The zero-order valence-corrected chi connectivity index (χ0v) is 8.93. The van der Waals surface area contributed by atoms with Crippen LogP contribution in [0, 0.1) is 5.95 Å². The van der Waals surface area contributed by atoms with Crippen molar-refractivity contribution >= 4 is 0 Å². The topological polar surface area (TPSA) is 39.9 Å². The molecule has 0 atom stereocenters. The second-order valence-electron chi connectivity index (χ2n) is 3.34. The van der Waals surface area contributed by atoms with Gasteiger partial charge in [-0.3, -0.25) is 4.68 Å². The Balaban J connectivity index is 2.08. The molecule has 16 heavy (non-hydrogen) atoms. The van der Waals surface area contributed by atoms with Crippen molar-refractivity contribution in [1.82, 2.24) is 14.8 Å². The highest BCUT2D eigenvalue weighted by molar-refractivity contribution is 5.21. The third-order valence-corrected chi connectivity index (χ3v) is 1.97. The van der Waals surface area contributed by atoms with E-state index in [9.17, 15) is 4.39 Å². The summed E-state index contributed by atoms with van der Waals surface area (Å²) in [5.41, 5.74) is 0. The summed E-state index contributed by atoms with van der Waals surface area (Å²) in [6.45, 7) is 2.90. The summed E-state index contributed by atoms with van der Waals surface area (Å²) in [5.74, 6) is 0.237. The van der Waals surface area contributed by atoms with E-state index in [0.29, 0.717) is 5.75 Å². The van der Waals surface area contributed by atoms with Crippen molar-refractivity contribution in [2.24, 2.45) is 0 Å². The van der Waals surface area contributed by atoms with Gasteiger partial charge in [-0.2, -0.15) is 14.5 Å². The molecule has 0 amide bonds. The molecular weight excluding hydrogens is 209 g/mol. The molecule has 5 heteroatoms. The van der Waals surface area contributed by atoms with E-state index in [1.165, 1.54) is 6.07 Å². The van der Waals surface area contributed by atoms with Crippen LogP contribution in [0.3, 0.4) is 0 Å². The average molecular weight is 221 g/mol. The Morgan fingerprint density at radius 2 is 2.31 bits per heavy atom. The minimum Gasteiger partial charge on any atom is -0.436 e. The van der Waals surface area contributed by atoms with Gasteiger partial charge in [-0.1, -0.05) is 13.0 Å². The van der Waals surface area contributed by atoms with Crippen LogP contribution >= 0.6 is 0 Å². The lowest BCUT2D eigenvalue weighted by Gasteiger charge is -2.00. The van der Waals surface area contributed by atoms with Gasteiger partial charge in [-0.05, 0) is 12.5 Å². The third kappa shape index (κ3) is 2.56. The smallest absolute Gasteiger partial charge is 0.222 e. The number of halogens is 1. The van der Waals surface area contributed by atoms with Gasteiger partial charge in [0.2, 0.25) is 11.8 Å². The van der Waals surface area contributed by atoms with E-state index in [4.69, 9.17) is 4.74 Å². The van der Waals surface area contributed by atoms with Gasteiger partial charge in [0.1, 0.15) is 0 Å². The molecule has 0 aliphatic carbocycles. The van der Waals surface area contributed by atoms with Gasteiger partial charge in [0, 0.05) is 12.6 Å². The second-order valence-corrected chi connectivity index (χ2v) is 3.34. The Bertz CT molecular complexity index is 470. The molecule has 0 radical (unpaired) electrons. The van der Waals surface area contributed by atoms with E-state index >= 15 is 0 Å². The molecule has 4 nitrogen and oxygen atoms in total. The Labute approximate surface area is 92.7 Å². The van der Waals surface area contributed by atoms with Crippen molar-refractivity contribution in [3.63, 3.8) is 0 Å². The zero-order chi connectivity index (χ0) is 11.4. The standard InChI is InChI=1S/C11H12FN3O/c1-2-6-15-8-9(7-13-15)16-11-5-3-4-10(12)14-11/h3-5,7-8H,2,6H2,1H3. The summed E-state index contributed by atoms with van der Waals surface area (Å²) in [6, 6.07) is 4.42. The molecule has 2 rings (SSSR count). The molecule has 0 aromatic carbocycles. The molecule has 0 saturated heterocycles. The molecule has 84 valence electrons. The molecule has 2 aromatic heterocycles. The largest absolute Gasteiger partial charge is 0.436 e. The first kappa shape index (κ1) is 10.6. The van der Waals surface area contributed by atoms with Crippen molar-refractivity contribution in [3.8, 4) is 11.6 Å². The lowest BCUT2D eigenvalue weighted by Crippen LogP contribution is -1.95. The lowest BCUT2D eigenvalue weighted by atomic mass is 10.5. The first-order valence-corrected chi connectivity index (χ1v) is 5.11. The molecule has 0 spiro atoms. The Hall–Kier alpha value is -1.91. The summed E-state index contributed by atoms with van der Waals surface area (Å²) in [6.07, 6.45) is 4.34. The van der Waals surface area contributed by atoms with E-state index < -0.39 is 5.95 Å². The summed E-state index contributed by atoms with van der Waals surface area (Å²) < 4.78 is 19.9. The molecular formula is C11H12FN3O. The predicted molar refractivity (Wildman–Crippen MR) is 56.8 cm³/mol. The minimum absolute atomic E-state index is 0.232. The van der Waals surface area contributed by atoms with E-state index in [2.05, 4.69) is 17.0 Å². The van der Waals surface area contributed by atoms with Gasteiger partial charge in [-0.25, -0.2) is 0 Å². The second kappa shape index (κ2) is 4.74. The average Bonchev–Trinajstić information content (AvgIpc) is 2.66. The number of hydrogen-bond donors (Lipinski definition) is 0. The Morgan fingerprint density at radius 3 is 3.06 bits per heavy atom. The molecule has 0 bridgehead atoms. The van der Waals surface area contributed by atoms with Crippen LogP contribution in [0.15, 0.2) is 30.6 Å². The van der Waals surface area contributed by atoms with Gasteiger partial charge in [0.25, 0.3) is 0 Å².